The van der Waals surface area contributed by atoms with Gasteiger partial charge in [-0.15, -0.1) is 0 Å². The lowest BCUT2D eigenvalue weighted by Gasteiger charge is -2.28. The molecule has 1 N–H and O–H groups in total. The zero-order valence-corrected chi connectivity index (χ0v) is 11.9. The number of benzene rings is 1. The van der Waals surface area contributed by atoms with Crippen LogP contribution in [0.1, 0.15) is 41.7 Å². The third-order valence-corrected chi connectivity index (χ3v) is 4.27. The highest BCUT2D eigenvalue weighted by atomic mass is 35.5. The van der Waals surface area contributed by atoms with Crippen LogP contribution in [0.2, 0.25) is 5.02 Å². The highest BCUT2D eigenvalue weighted by molar-refractivity contribution is 6.30. The van der Waals surface area contributed by atoms with E-state index >= 15 is 0 Å². The first-order valence-electron chi connectivity index (χ1n) is 6.84. The Bertz CT molecular complexity index is 677. The van der Waals surface area contributed by atoms with Crippen molar-refractivity contribution in [1.29, 1.82) is 0 Å². The molecule has 0 aliphatic heterocycles. The van der Waals surface area contributed by atoms with Crippen molar-refractivity contribution in [3.63, 3.8) is 0 Å². The van der Waals surface area contributed by atoms with Crippen LogP contribution >= 0.6 is 11.6 Å². The number of aromatic nitrogens is 1. The number of nitrogens with zero attached hydrogens (tertiary/aromatic N) is 1. The predicted molar refractivity (Wildman–Crippen MR) is 76.2 cm³/mol. The Morgan fingerprint density at radius 1 is 1.29 bits per heavy atom. The molecule has 1 aromatic carbocycles. The molecule has 2 atom stereocenters. The van der Waals surface area contributed by atoms with E-state index in [4.69, 9.17) is 11.6 Å². The first-order valence-corrected chi connectivity index (χ1v) is 7.22. The highest BCUT2D eigenvalue weighted by Crippen LogP contribution is 2.40. The minimum atomic E-state index is -1.13. The van der Waals surface area contributed by atoms with Gasteiger partial charge in [-0.2, -0.15) is 0 Å². The molecule has 1 heterocycles. The molecule has 1 aliphatic rings. The maximum atomic E-state index is 14.0. The van der Waals surface area contributed by atoms with E-state index in [1.165, 1.54) is 0 Å². The van der Waals surface area contributed by atoms with Crippen molar-refractivity contribution in [2.24, 2.45) is 0 Å². The van der Waals surface area contributed by atoms with Crippen LogP contribution in [0, 0.1) is 11.6 Å². The van der Waals surface area contributed by atoms with E-state index < -0.39 is 17.7 Å². The van der Waals surface area contributed by atoms with E-state index in [0.717, 1.165) is 36.2 Å². The van der Waals surface area contributed by atoms with E-state index in [1.807, 2.05) is 12.1 Å². The van der Waals surface area contributed by atoms with E-state index in [0.29, 0.717) is 6.42 Å². The summed E-state index contributed by atoms with van der Waals surface area (Å²) in [6.45, 7) is 0. The molecule has 2 aromatic rings. The quantitative estimate of drug-likeness (QED) is 0.845. The largest absolute Gasteiger partial charge is 0.388 e. The number of aliphatic hydroxyl groups is 1. The van der Waals surface area contributed by atoms with Gasteiger partial charge in [0.15, 0.2) is 0 Å². The van der Waals surface area contributed by atoms with Gasteiger partial charge in [0.2, 0.25) is 0 Å². The molecule has 0 saturated carbocycles. The first kappa shape index (κ1) is 14.4. The first-order chi connectivity index (χ1) is 10.1. The van der Waals surface area contributed by atoms with Gasteiger partial charge in [0.25, 0.3) is 0 Å². The van der Waals surface area contributed by atoms with E-state index in [1.54, 1.807) is 6.20 Å². The number of rotatable bonds is 2. The molecule has 2 unspecified atom stereocenters. The van der Waals surface area contributed by atoms with Crippen molar-refractivity contribution in [3.05, 3.63) is 63.9 Å². The molecule has 1 aromatic heterocycles. The molecule has 5 heteroatoms. The molecule has 110 valence electrons. The summed E-state index contributed by atoms with van der Waals surface area (Å²) in [4.78, 5) is 4.31. The molecular weight excluding hydrogens is 296 g/mol. The number of fused-ring (bicyclic) bond motifs is 1. The van der Waals surface area contributed by atoms with Gasteiger partial charge >= 0.3 is 0 Å². The Balaban J connectivity index is 2.00. The van der Waals surface area contributed by atoms with Gasteiger partial charge in [-0.05, 0) is 43.0 Å². The number of hydrogen-bond donors (Lipinski definition) is 1. The summed E-state index contributed by atoms with van der Waals surface area (Å²) in [5.41, 5.74) is 1.76. The second-order valence-electron chi connectivity index (χ2n) is 5.28. The summed E-state index contributed by atoms with van der Waals surface area (Å²) in [5.74, 6) is -1.76. The molecule has 2 nitrogen and oxygen atoms in total. The molecule has 0 radical (unpaired) electrons. The molecule has 1 aliphatic carbocycles. The summed E-state index contributed by atoms with van der Waals surface area (Å²) in [6, 6.07) is 5.67. The Morgan fingerprint density at radius 2 is 2.10 bits per heavy atom. The molecule has 3 rings (SSSR count). The Labute approximate surface area is 126 Å². The van der Waals surface area contributed by atoms with Crippen molar-refractivity contribution in [3.8, 4) is 0 Å². The van der Waals surface area contributed by atoms with Gasteiger partial charge in [-0.1, -0.05) is 17.7 Å². The summed E-state index contributed by atoms with van der Waals surface area (Å²) < 4.78 is 27.5. The minimum Gasteiger partial charge on any atom is -0.388 e. The number of aryl methyl sites for hydroxylation is 1. The Kier molecular flexibility index (Phi) is 3.91. The van der Waals surface area contributed by atoms with Crippen molar-refractivity contribution >= 4 is 11.6 Å². The second-order valence-corrected chi connectivity index (χ2v) is 5.69. The van der Waals surface area contributed by atoms with Gasteiger partial charge in [-0.3, -0.25) is 4.98 Å². The number of hydrogen-bond acceptors (Lipinski definition) is 2. The van der Waals surface area contributed by atoms with Crippen LogP contribution in [0.3, 0.4) is 0 Å². The van der Waals surface area contributed by atoms with Crippen LogP contribution in [-0.4, -0.2) is 10.1 Å². The van der Waals surface area contributed by atoms with Gasteiger partial charge in [0.1, 0.15) is 11.6 Å². The average molecular weight is 310 g/mol. The molecule has 0 fully saturated rings. The number of pyridine rings is 1. The van der Waals surface area contributed by atoms with Crippen LogP contribution in [0.25, 0.3) is 0 Å². The van der Waals surface area contributed by atoms with Gasteiger partial charge in [-0.25, -0.2) is 8.78 Å². The molecule has 0 bridgehead atoms. The third kappa shape index (κ3) is 2.65. The topological polar surface area (TPSA) is 33.1 Å². The summed E-state index contributed by atoms with van der Waals surface area (Å²) >= 11 is 5.55. The Morgan fingerprint density at radius 3 is 2.90 bits per heavy atom. The second kappa shape index (κ2) is 5.70. The summed E-state index contributed by atoms with van der Waals surface area (Å²) in [6.07, 6.45) is 2.99. The SMILES string of the molecule is OC(c1cc(F)c(Cl)cc1F)C1CCCc2cccnc21. The fourth-order valence-electron chi connectivity index (χ4n) is 2.93. The molecular formula is C16H14ClF2NO. The Hall–Kier alpha value is -1.52. The molecule has 0 saturated heterocycles. The van der Waals surface area contributed by atoms with Gasteiger partial charge < -0.3 is 5.11 Å². The van der Waals surface area contributed by atoms with Gasteiger partial charge in [0.05, 0.1) is 11.1 Å². The van der Waals surface area contributed by atoms with Crippen LogP contribution in [0.5, 0.6) is 0 Å². The van der Waals surface area contributed by atoms with Crippen molar-refractivity contribution < 1.29 is 13.9 Å². The summed E-state index contributed by atoms with van der Waals surface area (Å²) in [5, 5.41) is 10.2. The zero-order valence-electron chi connectivity index (χ0n) is 11.2. The standard InChI is InChI=1S/C16H14ClF2NO/c17-12-8-13(18)11(7-14(12)19)16(21)10-5-1-3-9-4-2-6-20-15(9)10/h2,4,6-8,10,16,21H,1,3,5H2. The van der Waals surface area contributed by atoms with Crippen LogP contribution < -0.4 is 0 Å². The molecule has 21 heavy (non-hydrogen) atoms. The van der Waals surface area contributed by atoms with Crippen LogP contribution in [0.15, 0.2) is 30.5 Å². The smallest absolute Gasteiger partial charge is 0.142 e. The average Bonchev–Trinajstić information content (AvgIpc) is 2.49. The fourth-order valence-corrected chi connectivity index (χ4v) is 3.08. The van der Waals surface area contributed by atoms with E-state index in [9.17, 15) is 13.9 Å². The van der Waals surface area contributed by atoms with Crippen LogP contribution in [0.4, 0.5) is 8.78 Å². The minimum absolute atomic E-state index is 0.0691. The normalized spacial score (nSPS) is 19.1. The fraction of sp³-hybridized carbons (Fsp3) is 0.312. The van der Waals surface area contributed by atoms with Crippen molar-refractivity contribution in [2.75, 3.05) is 0 Å². The highest BCUT2D eigenvalue weighted by Gasteiger charge is 2.30. The molecule has 0 spiro atoms. The third-order valence-electron chi connectivity index (χ3n) is 3.98. The number of aliphatic hydroxyl groups excluding tert-OH is 1. The van der Waals surface area contributed by atoms with E-state index in [2.05, 4.69) is 4.98 Å². The zero-order chi connectivity index (χ0) is 15.0. The van der Waals surface area contributed by atoms with Crippen molar-refractivity contribution in [1.82, 2.24) is 4.98 Å². The van der Waals surface area contributed by atoms with Crippen molar-refractivity contribution in [2.45, 2.75) is 31.3 Å². The maximum Gasteiger partial charge on any atom is 0.142 e. The molecule has 0 amide bonds. The summed E-state index contributed by atoms with van der Waals surface area (Å²) in [7, 11) is 0. The lowest BCUT2D eigenvalue weighted by Crippen LogP contribution is -2.19. The maximum absolute atomic E-state index is 14.0. The lowest BCUT2D eigenvalue weighted by molar-refractivity contribution is 0.129. The predicted octanol–water partition coefficient (Wildman–Crippen LogP) is 4.17. The van der Waals surface area contributed by atoms with Gasteiger partial charge in [0, 0.05) is 23.4 Å². The monoisotopic (exact) mass is 309 g/mol. The van der Waals surface area contributed by atoms with Crippen LogP contribution in [-0.2, 0) is 6.42 Å². The van der Waals surface area contributed by atoms with E-state index in [-0.39, 0.29) is 16.5 Å². The number of halogens is 3. The lowest BCUT2D eigenvalue weighted by atomic mass is 9.81.